The van der Waals surface area contributed by atoms with Crippen molar-refractivity contribution < 1.29 is 36.6 Å². The molecule has 2 atom stereocenters. The van der Waals surface area contributed by atoms with Gasteiger partial charge in [-0.1, -0.05) is 0 Å². The Morgan fingerprint density at radius 1 is 1.20 bits per heavy atom. The predicted octanol–water partition coefficient (Wildman–Crippen LogP) is -1.91. The quantitative estimate of drug-likeness (QED) is 0.184. The van der Waals surface area contributed by atoms with Crippen LogP contribution < -0.4 is 22.1 Å². The van der Waals surface area contributed by atoms with Crippen LogP contribution in [0.5, 0.6) is 0 Å². The van der Waals surface area contributed by atoms with Crippen molar-refractivity contribution in [3.63, 3.8) is 0 Å². The van der Waals surface area contributed by atoms with Crippen molar-refractivity contribution in [3.8, 4) is 0 Å². The zero-order chi connectivity index (χ0) is 17.9. The number of carboxylic acids is 1. The van der Waals surface area contributed by atoms with Crippen LogP contribution in [-0.4, -0.2) is 58.0 Å². The number of unbranched alkanes of at least 4 members (excludes halogenated alkanes) is 1. The van der Waals surface area contributed by atoms with Crippen LogP contribution in [0.3, 0.4) is 0 Å². The molecule has 0 aliphatic carbocycles. The van der Waals surface area contributed by atoms with Crippen molar-refractivity contribution in [2.24, 2.45) is 11.5 Å². The van der Waals surface area contributed by atoms with Gasteiger partial charge in [0.2, 0.25) is 11.8 Å². The zero-order valence-electron chi connectivity index (χ0n) is 13.6. The number of carbonyl (C=O) groups excluding carboxylic acids is 2. The molecule has 143 valence electrons. The summed E-state index contributed by atoms with van der Waals surface area (Å²) in [5.74, 6) is -2.23. The number of carboxylic acid groups (broad SMARTS) is 1. The largest absolute Gasteiger partial charge is 2.00 e. The van der Waals surface area contributed by atoms with Gasteiger partial charge in [0.05, 0.1) is 12.9 Å². The summed E-state index contributed by atoms with van der Waals surface area (Å²) in [5, 5.41) is 14.1. The number of imidazole rings is 1. The van der Waals surface area contributed by atoms with Crippen molar-refractivity contribution in [1.82, 2.24) is 20.6 Å². The Kier molecular flexibility index (Phi) is 11.5. The first kappa shape index (κ1) is 23.1. The molecule has 2 amide bonds. The van der Waals surface area contributed by atoms with Crippen molar-refractivity contribution in [3.05, 3.63) is 18.2 Å². The molecule has 0 aromatic carbocycles. The first-order valence-electron chi connectivity index (χ1n) is 7.67. The summed E-state index contributed by atoms with van der Waals surface area (Å²) in [6.07, 6.45) is 4.62. The molecule has 1 heterocycles. The maximum Gasteiger partial charge on any atom is 2.00 e. The molecule has 1 aromatic heterocycles. The standard InChI is InChI=1S/C14H24N6O4.Cu/c15-4-2-1-3-10(14(23)24)20-13(22)11(19-12(21)6-16)5-9-7-17-8-18-9;/h7-8,10-11H,1-6,15-16H2,(H,17,18)(H,19,21)(H,20,22)(H,23,24);/q;+2/t10-,11-;/m0./s1. The van der Waals surface area contributed by atoms with Gasteiger partial charge >= 0.3 is 23.0 Å². The third kappa shape index (κ3) is 8.64. The fourth-order valence-corrected chi connectivity index (χ4v) is 2.10. The molecule has 11 heteroatoms. The van der Waals surface area contributed by atoms with Crippen LogP contribution in [0.1, 0.15) is 25.0 Å². The molecule has 25 heavy (non-hydrogen) atoms. The second kappa shape index (κ2) is 12.4. The Bertz CT molecular complexity index is 539. The number of rotatable bonds is 11. The molecule has 8 N–H and O–H groups in total. The first-order chi connectivity index (χ1) is 11.5. The van der Waals surface area contributed by atoms with Gasteiger partial charge in [-0.05, 0) is 25.8 Å². The molecule has 0 saturated heterocycles. The topological polar surface area (TPSA) is 176 Å². The number of nitrogens with one attached hydrogen (secondary N) is 3. The molecular formula is C14H24CuN6O4+2. The van der Waals surface area contributed by atoms with E-state index in [1.54, 1.807) is 0 Å². The van der Waals surface area contributed by atoms with E-state index in [0.29, 0.717) is 25.1 Å². The Hall–Kier alpha value is -1.94. The Morgan fingerprint density at radius 3 is 2.44 bits per heavy atom. The minimum atomic E-state index is -1.13. The number of nitrogens with two attached hydrogens (primary N) is 2. The molecule has 1 aromatic rings. The molecule has 0 aliphatic rings. The first-order valence-corrected chi connectivity index (χ1v) is 7.67. The minimum Gasteiger partial charge on any atom is -0.480 e. The summed E-state index contributed by atoms with van der Waals surface area (Å²) < 4.78 is 0. The second-order valence-corrected chi connectivity index (χ2v) is 5.29. The van der Waals surface area contributed by atoms with Gasteiger partial charge in [-0.2, -0.15) is 0 Å². The monoisotopic (exact) mass is 403 g/mol. The van der Waals surface area contributed by atoms with Crippen molar-refractivity contribution in [2.45, 2.75) is 37.8 Å². The van der Waals surface area contributed by atoms with Gasteiger partial charge in [-0.15, -0.1) is 0 Å². The molecular weight excluding hydrogens is 380 g/mol. The van der Waals surface area contributed by atoms with Gasteiger partial charge in [0.25, 0.3) is 0 Å². The number of amides is 2. The number of carbonyl (C=O) groups is 3. The van der Waals surface area contributed by atoms with Gasteiger partial charge in [0.15, 0.2) is 0 Å². The Labute approximate surface area is 156 Å². The Morgan fingerprint density at radius 2 is 1.92 bits per heavy atom. The fourth-order valence-electron chi connectivity index (χ4n) is 2.10. The number of aliphatic carboxylic acids is 1. The molecule has 1 radical (unpaired) electrons. The molecule has 0 aliphatic heterocycles. The van der Waals surface area contributed by atoms with Gasteiger partial charge in [0, 0.05) is 18.3 Å². The third-order valence-electron chi connectivity index (χ3n) is 3.38. The van der Waals surface area contributed by atoms with Crippen LogP contribution in [-0.2, 0) is 37.9 Å². The average Bonchev–Trinajstić information content (AvgIpc) is 3.06. The van der Waals surface area contributed by atoms with Crippen LogP contribution in [0.2, 0.25) is 0 Å². The van der Waals surface area contributed by atoms with E-state index in [1.807, 2.05) is 0 Å². The van der Waals surface area contributed by atoms with E-state index in [0.717, 1.165) is 0 Å². The van der Waals surface area contributed by atoms with E-state index in [-0.39, 0.29) is 36.5 Å². The summed E-state index contributed by atoms with van der Waals surface area (Å²) in [7, 11) is 0. The Balaban J connectivity index is 0.00000576. The summed E-state index contributed by atoms with van der Waals surface area (Å²) in [4.78, 5) is 41.8. The number of nitrogens with zero attached hydrogens (tertiary/aromatic N) is 1. The van der Waals surface area contributed by atoms with E-state index >= 15 is 0 Å². The molecule has 1 rings (SSSR count). The molecule has 0 spiro atoms. The number of H-pyrrole nitrogens is 1. The summed E-state index contributed by atoms with van der Waals surface area (Å²) in [6.45, 7) is 0.181. The molecule has 10 nitrogen and oxygen atoms in total. The fraction of sp³-hybridized carbons (Fsp3) is 0.571. The van der Waals surface area contributed by atoms with Crippen LogP contribution >= 0.6 is 0 Å². The van der Waals surface area contributed by atoms with Crippen molar-refractivity contribution in [2.75, 3.05) is 13.1 Å². The smallest absolute Gasteiger partial charge is 0.480 e. The van der Waals surface area contributed by atoms with Crippen LogP contribution in [0.4, 0.5) is 0 Å². The SMILES string of the molecule is NCCCC[C@H](NC(=O)[C@H](Cc1cnc[nH]1)NC(=O)CN)C(=O)O.[Cu+2]. The molecule has 0 bridgehead atoms. The number of hydrogen-bond acceptors (Lipinski definition) is 6. The van der Waals surface area contributed by atoms with Crippen LogP contribution in [0.15, 0.2) is 12.5 Å². The van der Waals surface area contributed by atoms with Crippen LogP contribution in [0.25, 0.3) is 0 Å². The van der Waals surface area contributed by atoms with Crippen molar-refractivity contribution >= 4 is 17.8 Å². The van der Waals surface area contributed by atoms with Gasteiger partial charge in [-0.25, -0.2) is 9.78 Å². The minimum absolute atomic E-state index is 0. The summed E-state index contributed by atoms with van der Waals surface area (Å²) in [6, 6.07) is -1.99. The summed E-state index contributed by atoms with van der Waals surface area (Å²) >= 11 is 0. The van der Waals surface area contributed by atoms with E-state index in [1.165, 1.54) is 12.5 Å². The van der Waals surface area contributed by atoms with Gasteiger partial charge < -0.3 is 32.2 Å². The maximum atomic E-state index is 12.4. The molecule has 0 fully saturated rings. The zero-order valence-corrected chi connectivity index (χ0v) is 14.6. The van der Waals surface area contributed by atoms with E-state index < -0.39 is 29.9 Å². The van der Waals surface area contributed by atoms with Crippen LogP contribution in [0, 0.1) is 0 Å². The van der Waals surface area contributed by atoms with E-state index in [4.69, 9.17) is 11.5 Å². The molecule has 0 unspecified atom stereocenters. The number of aromatic nitrogens is 2. The van der Waals surface area contributed by atoms with Crippen molar-refractivity contribution in [1.29, 1.82) is 0 Å². The second-order valence-electron chi connectivity index (χ2n) is 5.29. The normalized spacial score (nSPS) is 12.6. The van der Waals surface area contributed by atoms with Gasteiger partial charge in [-0.3, -0.25) is 9.59 Å². The third-order valence-corrected chi connectivity index (χ3v) is 3.38. The number of hydrogen-bond donors (Lipinski definition) is 6. The average molecular weight is 404 g/mol. The molecule has 0 saturated carbocycles. The van der Waals surface area contributed by atoms with E-state index in [2.05, 4.69) is 20.6 Å². The van der Waals surface area contributed by atoms with E-state index in [9.17, 15) is 19.5 Å². The maximum absolute atomic E-state index is 12.4. The van der Waals surface area contributed by atoms with Gasteiger partial charge in [0.1, 0.15) is 12.1 Å². The summed E-state index contributed by atoms with van der Waals surface area (Å²) in [5.41, 5.74) is 11.3. The predicted molar refractivity (Wildman–Crippen MR) is 85.7 cm³/mol. The number of aromatic amines is 1.